The lowest BCUT2D eigenvalue weighted by atomic mass is 9.88. The van der Waals surface area contributed by atoms with Crippen LogP contribution in [0, 0.1) is 10.1 Å². The molecule has 0 bridgehead atoms. The third kappa shape index (κ3) is 8.25. The normalized spacial score (nSPS) is 12.3. The van der Waals surface area contributed by atoms with Crippen molar-refractivity contribution in [2.24, 2.45) is 0 Å². The van der Waals surface area contributed by atoms with Crippen LogP contribution in [0.5, 0.6) is 23.0 Å². The summed E-state index contributed by atoms with van der Waals surface area (Å²) in [5, 5.41) is 12.0. The fourth-order valence-corrected chi connectivity index (χ4v) is 5.59. The second kappa shape index (κ2) is 16.5. The Balaban J connectivity index is 1.71. The molecule has 8 heteroatoms. The van der Waals surface area contributed by atoms with Gasteiger partial charge in [-0.25, -0.2) is 0 Å². The van der Waals surface area contributed by atoms with Gasteiger partial charge in [-0.1, -0.05) is 75.4 Å². The number of likely N-dealkylation sites (N-methyl/N-ethyl adjacent to an activating group) is 1. The monoisotopic (exact) mass is 624 g/mol. The number of ether oxygens (including phenoxy) is 4. The van der Waals surface area contributed by atoms with Gasteiger partial charge in [-0.05, 0) is 84.6 Å². The van der Waals surface area contributed by atoms with Crippen LogP contribution >= 0.6 is 0 Å². The molecule has 0 aromatic heterocycles. The van der Waals surface area contributed by atoms with Gasteiger partial charge in [0.05, 0.1) is 30.8 Å². The molecule has 0 saturated carbocycles. The Morgan fingerprint density at radius 2 is 1.43 bits per heavy atom. The van der Waals surface area contributed by atoms with E-state index in [4.69, 9.17) is 18.9 Å². The Kier molecular flexibility index (Phi) is 12.2. The molecule has 1 atom stereocenters. The van der Waals surface area contributed by atoms with Gasteiger partial charge in [0.25, 0.3) is 5.69 Å². The minimum absolute atomic E-state index is 0.0985. The molecule has 46 heavy (non-hydrogen) atoms. The number of benzene rings is 4. The SMILES string of the molecule is CC/C(=C(/c1ccc(OCCN(CC)CC)cc1)c1cccc(OC(C)c2cc(OC)c(OC)cc2[N+](=O)[O-])c1)c1ccccc1. The molecule has 0 saturated heterocycles. The van der Waals surface area contributed by atoms with Crippen molar-refractivity contribution in [3.05, 3.63) is 123 Å². The second-order valence-corrected chi connectivity index (χ2v) is 10.8. The number of nitro groups is 1. The van der Waals surface area contributed by atoms with Crippen molar-refractivity contribution in [1.29, 1.82) is 0 Å². The Labute approximate surface area is 272 Å². The van der Waals surface area contributed by atoms with Crippen LogP contribution in [0.15, 0.2) is 91.0 Å². The molecule has 4 aromatic carbocycles. The van der Waals surface area contributed by atoms with Crippen LogP contribution in [0.4, 0.5) is 5.69 Å². The van der Waals surface area contributed by atoms with Crippen LogP contribution in [0.2, 0.25) is 0 Å². The van der Waals surface area contributed by atoms with Crippen molar-refractivity contribution in [3.8, 4) is 23.0 Å². The van der Waals surface area contributed by atoms with E-state index >= 15 is 0 Å². The minimum Gasteiger partial charge on any atom is -0.493 e. The standard InChI is InChI=1S/C38H44N2O6/c1-7-33(28-14-11-10-12-15-28)38(29-18-20-31(21-19-29)45-23-22-39(8-2)9-3)30-16-13-17-32(24-30)46-27(4)34-25-36(43-5)37(44-6)26-35(34)40(41)42/h10-21,24-27H,7-9,22-23H2,1-6H3/b38-33+. The van der Waals surface area contributed by atoms with E-state index in [0.29, 0.717) is 23.7 Å². The molecular weight excluding hydrogens is 580 g/mol. The number of methoxy groups -OCH3 is 2. The predicted molar refractivity (Wildman–Crippen MR) is 184 cm³/mol. The van der Waals surface area contributed by atoms with Crippen molar-refractivity contribution in [1.82, 2.24) is 4.90 Å². The molecule has 0 radical (unpaired) electrons. The molecule has 4 rings (SSSR count). The molecule has 0 heterocycles. The average molecular weight is 625 g/mol. The van der Waals surface area contributed by atoms with E-state index in [9.17, 15) is 10.1 Å². The Bertz CT molecular complexity index is 1610. The van der Waals surface area contributed by atoms with Crippen LogP contribution in [0.1, 0.15) is 62.5 Å². The summed E-state index contributed by atoms with van der Waals surface area (Å²) in [4.78, 5) is 13.9. The molecule has 0 N–H and O–H groups in total. The van der Waals surface area contributed by atoms with Crippen molar-refractivity contribution < 1.29 is 23.9 Å². The summed E-state index contributed by atoms with van der Waals surface area (Å²) < 4.78 is 23.2. The largest absolute Gasteiger partial charge is 0.493 e. The van der Waals surface area contributed by atoms with Crippen LogP contribution in [-0.2, 0) is 0 Å². The zero-order chi connectivity index (χ0) is 33.1. The van der Waals surface area contributed by atoms with Crippen molar-refractivity contribution in [2.75, 3.05) is 40.5 Å². The van der Waals surface area contributed by atoms with Gasteiger partial charge in [0, 0.05) is 6.54 Å². The fourth-order valence-electron chi connectivity index (χ4n) is 5.59. The number of nitrogens with zero attached hydrogens (tertiary/aromatic N) is 2. The summed E-state index contributed by atoms with van der Waals surface area (Å²) in [6.07, 6.45) is 0.163. The summed E-state index contributed by atoms with van der Waals surface area (Å²) in [7, 11) is 2.95. The first-order chi connectivity index (χ1) is 22.3. The highest BCUT2D eigenvalue weighted by molar-refractivity contribution is 5.98. The van der Waals surface area contributed by atoms with Gasteiger partial charge in [-0.2, -0.15) is 0 Å². The maximum atomic E-state index is 12.0. The highest BCUT2D eigenvalue weighted by Crippen LogP contribution is 2.40. The molecule has 0 aliphatic carbocycles. The summed E-state index contributed by atoms with van der Waals surface area (Å²) in [6, 6.07) is 29.5. The van der Waals surface area contributed by atoms with Crippen LogP contribution in [0.25, 0.3) is 11.1 Å². The zero-order valence-electron chi connectivity index (χ0n) is 27.6. The van der Waals surface area contributed by atoms with E-state index in [1.54, 1.807) is 13.0 Å². The molecule has 1 unspecified atom stereocenters. The number of hydrogen-bond donors (Lipinski definition) is 0. The van der Waals surface area contributed by atoms with E-state index in [-0.39, 0.29) is 11.4 Å². The summed E-state index contributed by atoms with van der Waals surface area (Å²) in [6.45, 7) is 11.8. The quantitative estimate of drug-likeness (QED) is 0.0700. The van der Waals surface area contributed by atoms with Gasteiger partial charge in [0.15, 0.2) is 11.5 Å². The maximum Gasteiger partial charge on any atom is 0.280 e. The van der Waals surface area contributed by atoms with Gasteiger partial charge in [-0.15, -0.1) is 0 Å². The maximum absolute atomic E-state index is 12.0. The predicted octanol–water partition coefficient (Wildman–Crippen LogP) is 8.84. The topological polar surface area (TPSA) is 83.3 Å². The molecule has 8 nitrogen and oxygen atoms in total. The lowest BCUT2D eigenvalue weighted by molar-refractivity contribution is -0.386. The van der Waals surface area contributed by atoms with E-state index in [2.05, 4.69) is 56.0 Å². The van der Waals surface area contributed by atoms with Gasteiger partial charge >= 0.3 is 0 Å². The lowest BCUT2D eigenvalue weighted by Gasteiger charge is -2.20. The summed E-state index contributed by atoms with van der Waals surface area (Å²) >= 11 is 0. The van der Waals surface area contributed by atoms with E-state index in [1.165, 1.54) is 25.9 Å². The first-order valence-corrected chi connectivity index (χ1v) is 15.7. The molecular formula is C38H44N2O6. The number of hydrogen-bond acceptors (Lipinski definition) is 7. The molecule has 242 valence electrons. The smallest absolute Gasteiger partial charge is 0.280 e. The van der Waals surface area contributed by atoms with Crippen molar-refractivity contribution in [2.45, 2.75) is 40.2 Å². The molecule has 0 aliphatic heterocycles. The Morgan fingerprint density at radius 3 is 2.04 bits per heavy atom. The Hall–Kier alpha value is -4.82. The van der Waals surface area contributed by atoms with Crippen LogP contribution in [-0.4, -0.2) is 50.3 Å². The van der Waals surface area contributed by atoms with Gasteiger partial charge in [0.2, 0.25) is 0 Å². The van der Waals surface area contributed by atoms with Gasteiger partial charge in [0.1, 0.15) is 24.2 Å². The number of nitro benzene ring substituents is 1. The van der Waals surface area contributed by atoms with Crippen LogP contribution in [0.3, 0.4) is 0 Å². The molecule has 4 aromatic rings. The first-order valence-electron chi connectivity index (χ1n) is 15.7. The minimum atomic E-state index is -0.643. The summed E-state index contributed by atoms with van der Waals surface area (Å²) in [5.74, 6) is 2.10. The van der Waals surface area contributed by atoms with Crippen LogP contribution < -0.4 is 18.9 Å². The number of allylic oxidation sites excluding steroid dienone is 1. The molecule has 0 fully saturated rings. The third-order valence-corrected chi connectivity index (χ3v) is 8.09. The molecule has 0 amide bonds. The van der Waals surface area contributed by atoms with Gasteiger partial charge < -0.3 is 23.8 Å². The Morgan fingerprint density at radius 1 is 0.783 bits per heavy atom. The molecule has 0 aliphatic rings. The van der Waals surface area contributed by atoms with E-state index in [0.717, 1.165) is 54.1 Å². The average Bonchev–Trinajstić information content (AvgIpc) is 3.09. The molecule has 0 spiro atoms. The van der Waals surface area contributed by atoms with Gasteiger partial charge in [-0.3, -0.25) is 10.1 Å². The van der Waals surface area contributed by atoms with Crippen molar-refractivity contribution >= 4 is 16.8 Å². The number of rotatable bonds is 16. The second-order valence-electron chi connectivity index (χ2n) is 10.8. The van der Waals surface area contributed by atoms with E-state index in [1.807, 2.05) is 48.5 Å². The van der Waals surface area contributed by atoms with E-state index < -0.39 is 11.0 Å². The zero-order valence-corrected chi connectivity index (χ0v) is 27.6. The fraction of sp³-hybridized carbons (Fsp3) is 0.316. The lowest BCUT2D eigenvalue weighted by Crippen LogP contribution is -2.27. The summed E-state index contributed by atoms with van der Waals surface area (Å²) in [5.41, 5.74) is 5.73. The van der Waals surface area contributed by atoms with Crippen molar-refractivity contribution in [3.63, 3.8) is 0 Å². The third-order valence-electron chi connectivity index (χ3n) is 8.09. The highest BCUT2D eigenvalue weighted by Gasteiger charge is 2.25. The highest BCUT2D eigenvalue weighted by atomic mass is 16.6. The first kappa shape index (κ1) is 34.1.